The Morgan fingerprint density at radius 2 is 2.12 bits per heavy atom. The highest BCUT2D eigenvalue weighted by atomic mass is 32.2. The number of fused-ring (bicyclic) bond motifs is 1. The maximum atomic E-state index is 11.1. The van der Waals surface area contributed by atoms with Gasteiger partial charge in [-0.25, -0.2) is 0 Å². The molecule has 0 saturated carbocycles. The minimum absolute atomic E-state index is 0.0310. The smallest absolute Gasteiger partial charge is 0.294 e. The molecular formula is C11H15NO3S2. The molecule has 1 heterocycles. The molecule has 0 saturated heterocycles. The van der Waals surface area contributed by atoms with Crippen LogP contribution in [0.3, 0.4) is 0 Å². The average Bonchev–Trinajstić information content (AvgIpc) is 2.64. The van der Waals surface area contributed by atoms with E-state index in [9.17, 15) is 8.42 Å². The van der Waals surface area contributed by atoms with E-state index in [4.69, 9.17) is 4.55 Å². The maximum absolute atomic E-state index is 11.1. The van der Waals surface area contributed by atoms with Gasteiger partial charge >= 0.3 is 0 Å². The Kier molecular flexibility index (Phi) is 3.38. The second kappa shape index (κ2) is 4.51. The minimum atomic E-state index is -4.10. The number of thioether (sulfide) groups is 1. The van der Waals surface area contributed by atoms with E-state index in [-0.39, 0.29) is 4.90 Å². The Morgan fingerprint density at radius 1 is 1.41 bits per heavy atom. The van der Waals surface area contributed by atoms with Gasteiger partial charge in [0, 0.05) is 11.4 Å². The second-order valence-corrected chi connectivity index (χ2v) is 6.51. The van der Waals surface area contributed by atoms with Gasteiger partial charge in [-0.2, -0.15) is 8.42 Å². The summed E-state index contributed by atoms with van der Waals surface area (Å²) in [5.74, 6) is 0. The fourth-order valence-corrected chi connectivity index (χ4v) is 3.96. The van der Waals surface area contributed by atoms with Gasteiger partial charge in [-0.05, 0) is 31.5 Å². The van der Waals surface area contributed by atoms with Gasteiger partial charge in [-0.3, -0.25) is 4.55 Å². The molecule has 0 amide bonds. The van der Waals surface area contributed by atoms with E-state index in [2.05, 4.69) is 18.7 Å². The zero-order valence-corrected chi connectivity index (χ0v) is 11.4. The minimum Gasteiger partial charge on any atom is -0.359 e. The van der Waals surface area contributed by atoms with Crippen LogP contribution < -0.4 is 4.90 Å². The molecule has 0 bridgehead atoms. The Balaban J connectivity index is 2.45. The van der Waals surface area contributed by atoms with Crippen LogP contribution in [0.2, 0.25) is 0 Å². The third kappa shape index (κ3) is 2.29. The van der Waals surface area contributed by atoms with E-state index >= 15 is 0 Å². The lowest BCUT2D eigenvalue weighted by Gasteiger charge is -2.23. The molecule has 0 aromatic heterocycles. The van der Waals surface area contributed by atoms with Crippen molar-refractivity contribution in [2.75, 3.05) is 11.4 Å². The molecular weight excluding hydrogens is 258 g/mol. The van der Waals surface area contributed by atoms with Crippen molar-refractivity contribution in [3.05, 3.63) is 18.2 Å². The Hall–Kier alpha value is -0.720. The fraction of sp³-hybridized carbons (Fsp3) is 0.455. The van der Waals surface area contributed by atoms with E-state index in [1.807, 2.05) is 0 Å². The second-order valence-electron chi connectivity index (χ2n) is 3.87. The third-order valence-electron chi connectivity index (χ3n) is 2.84. The van der Waals surface area contributed by atoms with Crippen molar-refractivity contribution in [2.45, 2.75) is 35.4 Å². The van der Waals surface area contributed by atoms with Crippen molar-refractivity contribution in [2.24, 2.45) is 0 Å². The van der Waals surface area contributed by atoms with Crippen molar-refractivity contribution in [3.63, 3.8) is 0 Å². The molecule has 1 unspecified atom stereocenters. The lowest BCUT2D eigenvalue weighted by molar-refractivity contribution is 0.483. The number of anilines is 1. The van der Waals surface area contributed by atoms with Gasteiger partial charge in [0.15, 0.2) is 0 Å². The van der Waals surface area contributed by atoms with Gasteiger partial charge in [0.1, 0.15) is 0 Å². The maximum Gasteiger partial charge on any atom is 0.294 e. The molecule has 4 nitrogen and oxygen atoms in total. The monoisotopic (exact) mass is 273 g/mol. The molecule has 17 heavy (non-hydrogen) atoms. The highest BCUT2D eigenvalue weighted by Crippen LogP contribution is 2.45. The van der Waals surface area contributed by atoms with Crippen LogP contribution in [0.1, 0.15) is 20.3 Å². The summed E-state index contributed by atoms with van der Waals surface area (Å²) in [6.07, 6.45) is 0.994. The molecule has 0 aliphatic carbocycles. The van der Waals surface area contributed by atoms with Crippen molar-refractivity contribution in [1.82, 2.24) is 0 Å². The predicted octanol–water partition coefficient (Wildman–Crippen LogP) is 2.60. The van der Waals surface area contributed by atoms with Crippen LogP contribution in [0, 0.1) is 0 Å². The molecule has 1 aliphatic rings. The van der Waals surface area contributed by atoms with E-state index in [0.717, 1.165) is 23.5 Å². The van der Waals surface area contributed by atoms with Crippen LogP contribution in [0.25, 0.3) is 0 Å². The first-order valence-electron chi connectivity index (χ1n) is 5.52. The molecule has 2 rings (SSSR count). The van der Waals surface area contributed by atoms with Crippen LogP contribution in [-0.2, 0) is 10.1 Å². The first kappa shape index (κ1) is 12.7. The van der Waals surface area contributed by atoms with Gasteiger partial charge in [-0.15, -0.1) is 0 Å². The molecule has 1 atom stereocenters. The first-order valence-corrected chi connectivity index (χ1v) is 7.84. The zero-order chi connectivity index (χ0) is 12.6. The summed E-state index contributed by atoms with van der Waals surface area (Å²) in [5.41, 5.74) is 1.05. The standard InChI is InChI=1S/C11H15NO3S2/c1-3-11-12(4-2)9-6-5-8(17(13,14)15)7-10(9)16-11/h5-7,11H,3-4H2,1-2H3,(H,13,14,15). The highest BCUT2D eigenvalue weighted by molar-refractivity contribution is 8.00. The van der Waals surface area contributed by atoms with Gasteiger partial charge in [0.05, 0.1) is 16.0 Å². The summed E-state index contributed by atoms with van der Waals surface area (Å²) < 4.78 is 31.2. The lowest BCUT2D eigenvalue weighted by atomic mass is 10.2. The molecule has 94 valence electrons. The molecule has 1 aliphatic heterocycles. The summed E-state index contributed by atoms with van der Waals surface area (Å²) in [6, 6.07) is 4.77. The molecule has 0 spiro atoms. The van der Waals surface area contributed by atoms with Crippen LogP contribution in [-0.4, -0.2) is 24.9 Å². The lowest BCUT2D eigenvalue weighted by Crippen LogP contribution is -2.28. The SMILES string of the molecule is CCC1Sc2cc(S(=O)(=O)O)ccc2N1CC. The zero-order valence-electron chi connectivity index (χ0n) is 9.75. The molecule has 1 aromatic rings. The van der Waals surface area contributed by atoms with Gasteiger partial charge in [-0.1, -0.05) is 18.7 Å². The fourth-order valence-electron chi connectivity index (χ4n) is 2.03. The molecule has 6 heteroatoms. The van der Waals surface area contributed by atoms with Crippen LogP contribution in [0.4, 0.5) is 5.69 Å². The molecule has 0 radical (unpaired) electrons. The molecule has 0 fully saturated rings. The van der Waals surface area contributed by atoms with Crippen LogP contribution >= 0.6 is 11.8 Å². The van der Waals surface area contributed by atoms with Crippen molar-refractivity contribution in [3.8, 4) is 0 Å². The summed E-state index contributed by atoms with van der Waals surface area (Å²) in [7, 11) is -4.10. The Bertz CT molecular complexity index is 528. The average molecular weight is 273 g/mol. The normalized spacial score (nSPS) is 19.5. The number of nitrogens with zero attached hydrogens (tertiary/aromatic N) is 1. The van der Waals surface area contributed by atoms with Crippen LogP contribution in [0.15, 0.2) is 28.0 Å². The quantitative estimate of drug-likeness (QED) is 0.858. The summed E-state index contributed by atoms with van der Waals surface area (Å²) in [4.78, 5) is 3.14. The van der Waals surface area contributed by atoms with E-state index in [0.29, 0.717) is 5.37 Å². The Morgan fingerprint density at radius 3 is 2.65 bits per heavy atom. The Labute approximate surface area is 106 Å². The van der Waals surface area contributed by atoms with Crippen molar-refractivity contribution < 1.29 is 13.0 Å². The van der Waals surface area contributed by atoms with Gasteiger partial charge in [0.2, 0.25) is 0 Å². The van der Waals surface area contributed by atoms with Crippen LogP contribution in [0.5, 0.6) is 0 Å². The number of benzene rings is 1. The van der Waals surface area contributed by atoms with E-state index in [1.165, 1.54) is 6.07 Å². The van der Waals surface area contributed by atoms with E-state index in [1.54, 1.807) is 23.9 Å². The summed E-state index contributed by atoms with van der Waals surface area (Å²) >= 11 is 1.65. The first-order chi connectivity index (χ1) is 7.97. The molecule has 1 aromatic carbocycles. The van der Waals surface area contributed by atoms with E-state index < -0.39 is 10.1 Å². The highest BCUT2D eigenvalue weighted by Gasteiger charge is 2.28. The third-order valence-corrected chi connectivity index (χ3v) is 5.13. The number of rotatable bonds is 3. The van der Waals surface area contributed by atoms with Crippen molar-refractivity contribution >= 4 is 27.6 Å². The largest absolute Gasteiger partial charge is 0.359 e. The summed E-state index contributed by atoms with van der Waals surface area (Å²) in [6.45, 7) is 5.08. The summed E-state index contributed by atoms with van der Waals surface area (Å²) in [5, 5.41) is 0.353. The predicted molar refractivity (Wildman–Crippen MR) is 69.2 cm³/mol. The topological polar surface area (TPSA) is 57.6 Å². The molecule has 1 N–H and O–H groups in total. The number of hydrogen-bond donors (Lipinski definition) is 1. The van der Waals surface area contributed by atoms with Gasteiger partial charge in [0.25, 0.3) is 10.1 Å². The van der Waals surface area contributed by atoms with Crippen molar-refractivity contribution in [1.29, 1.82) is 0 Å². The number of hydrogen-bond acceptors (Lipinski definition) is 4. The van der Waals surface area contributed by atoms with Gasteiger partial charge < -0.3 is 4.90 Å².